The van der Waals surface area contributed by atoms with Crippen LogP contribution >= 0.6 is 0 Å². The highest BCUT2D eigenvalue weighted by Crippen LogP contribution is 2.17. The second kappa shape index (κ2) is 5.61. The number of hydrazone groups is 1. The van der Waals surface area contributed by atoms with Crippen LogP contribution in [0.2, 0.25) is 0 Å². The molecule has 0 unspecified atom stereocenters. The van der Waals surface area contributed by atoms with Crippen molar-refractivity contribution in [1.29, 1.82) is 0 Å². The van der Waals surface area contributed by atoms with E-state index in [4.69, 9.17) is 9.15 Å². The first kappa shape index (κ1) is 12.5. The fourth-order valence-electron chi connectivity index (χ4n) is 2.11. The molecule has 5 nitrogen and oxygen atoms in total. The van der Waals surface area contributed by atoms with Gasteiger partial charge in [0.05, 0.1) is 18.5 Å². The Kier molecular flexibility index (Phi) is 3.50. The molecule has 0 saturated carbocycles. The van der Waals surface area contributed by atoms with Gasteiger partial charge in [0.25, 0.3) is 0 Å². The van der Waals surface area contributed by atoms with Crippen LogP contribution in [0.4, 0.5) is 4.79 Å². The summed E-state index contributed by atoms with van der Waals surface area (Å²) in [6.07, 6.45) is 3.37. The molecule has 102 valence electrons. The molecule has 1 amide bonds. The molecule has 0 spiro atoms. The summed E-state index contributed by atoms with van der Waals surface area (Å²) in [4.78, 5) is 11.7. The second-order valence-electron chi connectivity index (χ2n) is 4.53. The zero-order chi connectivity index (χ0) is 13.8. The lowest BCUT2D eigenvalue weighted by Crippen LogP contribution is -2.30. The Labute approximate surface area is 116 Å². The number of hydrogen-bond acceptors (Lipinski definition) is 4. The van der Waals surface area contributed by atoms with Crippen LogP contribution < -0.4 is 0 Å². The van der Waals surface area contributed by atoms with Crippen molar-refractivity contribution < 1.29 is 13.9 Å². The zero-order valence-corrected chi connectivity index (χ0v) is 10.8. The number of carbonyl (C=O) groups is 1. The van der Waals surface area contributed by atoms with E-state index in [1.54, 1.807) is 18.4 Å². The summed E-state index contributed by atoms with van der Waals surface area (Å²) in [7, 11) is 0. The maximum atomic E-state index is 11.7. The third-order valence-corrected chi connectivity index (χ3v) is 3.10. The van der Waals surface area contributed by atoms with Crippen molar-refractivity contribution in [1.82, 2.24) is 5.01 Å². The van der Waals surface area contributed by atoms with E-state index in [0.717, 1.165) is 5.56 Å². The van der Waals surface area contributed by atoms with Gasteiger partial charge in [0.1, 0.15) is 12.4 Å². The third-order valence-electron chi connectivity index (χ3n) is 3.10. The van der Waals surface area contributed by atoms with E-state index >= 15 is 0 Å². The van der Waals surface area contributed by atoms with Gasteiger partial charge < -0.3 is 9.15 Å². The minimum atomic E-state index is -0.422. The minimum absolute atomic E-state index is 0.0869. The standard InChI is InChI=1S/C15H14N2O3/c18-15-17(16-10-14-7-4-8-19-14)13(11-20-15)9-12-5-2-1-3-6-12/h1-8,10,13H,9,11H2/b16-10+/t13-/m0/s1. The number of amides is 1. The van der Waals surface area contributed by atoms with Gasteiger partial charge in [-0.15, -0.1) is 0 Å². The smallest absolute Gasteiger partial charge is 0.430 e. The molecule has 2 aromatic rings. The number of rotatable bonds is 4. The Hall–Kier alpha value is -2.56. The number of nitrogens with zero attached hydrogens (tertiary/aromatic N) is 2. The maximum Gasteiger partial charge on any atom is 0.430 e. The number of carbonyl (C=O) groups excluding carboxylic acids is 1. The van der Waals surface area contributed by atoms with Crippen molar-refractivity contribution in [3.8, 4) is 0 Å². The Morgan fingerprint density at radius 2 is 2.10 bits per heavy atom. The summed E-state index contributed by atoms with van der Waals surface area (Å²) in [5, 5.41) is 5.53. The molecule has 0 bridgehead atoms. The third kappa shape index (κ3) is 2.71. The summed E-state index contributed by atoms with van der Waals surface area (Å²) in [5.41, 5.74) is 1.15. The van der Waals surface area contributed by atoms with Gasteiger partial charge in [-0.3, -0.25) is 0 Å². The molecular weight excluding hydrogens is 256 g/mol. The van der Waals surface area contributed by atoms with Crippen LogP contribution in [0.5, 0.6) is 0 Å². The molecule has 1 fully saturated rings. The van der Waals surface area contributed by atoms with Crippen molar-refractivity contribution in [2.75, 3.05) is 6.61 Å². The Balaban J connectivity index is 1.72. The highest BCUT2D eigenvalue weighted by atomic mass is 16.6. The highest BCUT2D eigenvalue weighted by molar-refractivity contribution is 5.78. The van der Waals surface area contributed by atoms with Gasteiger partial charge >= 0.3 is 6.09 Å². The van der Waals surface area contributed by atoms with E-state index in [-0.39, 0.29) is 6.04 Å². The fourth-order valence-corrected chi connectivity index (χ4v) is 2.11. The molecule has 3 rings (SSSR count). The van der Waals surface area contributed by atoms with Gasteiger partial charge in [0, 0.05) is 0 Å². The van der Waals surface area contributed by atoms with E-state index in [9.17, 15) is 4.79 Å². The minimum Gasteiger partial charge on any atom is -0.463 e. The van der Waals surface area contributed by atoms with E-state index < -0.39 is 6.09 Å². The van der Waals surface area contributed by atoms with Crippen LogP contribution in [-0.4, -0.2) is 30.0 Å². The molecule has 1 aliphatic heterocycles. The SMILES string of the molecule is O=C1OC[C@H](Cc2ccccc2)N1/N=C/c1ccco1. The first-order valence-electron chi connectivity index (χ1n) is 6.40. The number of hydrogen-bond donors (Lipinski definition) is 0. The molecule has 1 aromatic heterocycles. The number of benzene rings is 1. The van der Waals surface area contributed by atoms with Crippen LogP contribution in [0.1, 0.15) is 11.3 Å². The predicted octanol–water partition coefficient (Wildman–Crippen LogP) is 2.68. The second-order valence-corrected chi connectivity index (χ2v) is 4.53. The predicted molar refractivity (Wildman–Crippen MR) is 73.4 cm³/mol. The van der Waals surface area contributed by atoms with E-state index in [1.165, 1.54) is 11.2 Å². The molecule has 1 atom stereocenters. The average Bonchev–Trinajstić information content (AvgIpc) is 3.09. The topological polar surface area (TPSA) is 55.0 Å². The molecule has 0 aliphatic carbocycles. The number of ether oxygens (including phenoxy) is 1. The fraction of sp³-hybridized carbons (Fsp3) is 0.200. The van der Waals surface area contributed by atoms with E-state index in [1.807, 2.05) is 30.3 Å². The molecule has 1 saturated heterocycles. The lowest BCUT2D eigenvalue weighted by atomic mass is 10.1. The summed E-state index contributed by atoms with van der Waals surface area (Å²) >= 11 is 0. The molecule has 5 heteroatoms. The van der Waals surface area contributed by atoms with Gasteiger partial charge in [-0.05, 0) is 24.1 Å². The lowest BCUT2D eigenvalue weighted by Gasteiger charge is -2.15. The van der Waals surface area contributed by atoms with Gasteiger partial charge in [0.2, 0.25) is 0 Å². The summed E-state index contributed by atoms with van der Waals surface area (Å²) in [6.45, 7) is 0.350. The number of cyclic esters (lactones) is 1. The Morgan fingerprint density at radius 3 is 2.85 bits per heavy atom. The van der Waals surface area contributed by atoms with Crippen LogP contribution in [0.25, 0.3) is 0 Å². The van der Waals surface area contributed by atoms with Crippen molar-refractivity contribution in [3.63, 3.8) is 0 Å². The Bertz CT molecular complexity index is 593. The van der Waals surface area contributed by atoms with Crippen LogP contribution in [-0.2, 0) is 11.2 Å². The van der Waals surface area contributed by atoms with Crippen molar-refractivity contribution in [2.45, 2.75) is 12.5 Å². The van der Waals surface area contributed by atoms with Crippen LogP contribution in [0.15, 0.2) is 58.2 Å². The number of furan rings is 1. The van der Waals surface area contributed by atoms with Gasteiger partial charge in [-0.2, -0.15) is 10.1 Å². The molecule has 0 N–H and O–H groups in total. The van der Waals surface area contributed by atoms with Crippen molar-refractivity contribution >= 4 is 12.3 Å². The molecule has 1 aromatic carbocycles. The summed E-state index contributed by atoms with van der Waals surface area (Å²) in [6, 6.07) is 13.4. The van der Waals surface area contributed by atoms with Gasteiger partial charge in [-0.1, -0.05) is 30.3 Å². The molecule has 1 aliphatic rings. The lowest BCUT2D eigenvalue weighted by molar-refractivity contribution is 0.159. The van der Waals surface area contributed by atoms with Crippen LogP contribution in [0.3, 0.4) is 0 Å². The highest BCUT2D eigenvalue weighted by Gasteiger charge is 2.32. The largest absolute Gasteiger partial charge is 0.463 e. The van der Waals surface area contributed by atoms with Gasteiger partial charge in [-0.25, -0.2) is 4.79 Å². The molecule has 20 heavy (non-hydrogen) atoms. The first-order chi connectivity index (χ1) is 9.83. The quantitative estimate of drug-likeness (QED) is 0.803. The average molecular weight is 270 g/mol. The van der Waals surface area contributed by atoms with Crippen molar-refractivity contribution in [3.05, 3.63) is 60.1 Å². The first-order valence-corrected chi connectivity index (χ1v) is 6.40. The monoisotopic (exact) mass is 270 g/mol. The Morgan fingerprint density at radius 1 is 1.25 bits per heavy atom. The van der Waals surface area contributed by atoms with E-state index in [0.29, 0.717) is 18.8 Å². The van der Waals surface area contributed by atoms with Crippen LogP contribution in [0, 0.1) is 0 Å². The van der Waals surface area contributed by atoms with Crippen molar-refractivity contribution in [2.24, 2.45) is 5.10 Å². The summed E-state index contributed by atoms with van der Waals surface area (Å²) in [5.74, 6) is 0.600. The summed E-state index contributed by atoms with van der Waals surface area (Å²) < 4.78 is 10.2. The molecule has 0 radical (unpaired) electrons. The normalized spacial score (nSPS) is 18.7. The van der Waals surface area contributed by atoms with E-state index in [2.05, 4.69) is 5.10 Å². The van der Waals surface area contributed by atoms with Gasteiger partial charge in [0.15, 0.2) is 0 Å². The zero-order valence-electron chi connectivity index (χ0n) is 10.8. The molecular formula is C15H14N2O3. The maximum absolute atomic E-state index is 11.7. The molecule has 2 heterocycles.